The number of nitrogens with one attached hydrogen (secondary N) is 1. The van der Waals surface area contributed by atoms with Crippen LogP contribution in [0.25, 0.3) is 5.76 Å². The molecule has 1 N–H and O–H groups in total. The van der Waals surface area contributed by atoms with Crippen molar-refractivity contribution in [3.8, 4) is 11.5 Å². The molecule has 2 aliphatic heterocycles. The highest BCUT2D eigenvalue weighted by atomic mass is 16.5. The Morgan fingerprint density at radius 2 is 1.85 bits per heavy atom. The number of quaternary nitrogens is 1. The van der Waals surface area contributed by atoms with Crippen molar-refractivity contribution in [1.82, 2.24) is 4.90 Å². The van der Waals surface area contributed by atoms with Crippen LogP contribution in [0.5, 0.6) is 11.5 Å². The third kappa shape index (κ3) is 4.40. The van der Waals surface area contributed by atoms with Crippen molar-refractivity contribution < 1.29 is 29.1 Å². The fourth-order valence-electron chi connectivity index (χ4n) is 4.83. The van der Waals surface area contributed by atoms with Gasteiger partial charge in [0, 0.05) is 12.0 Å². The number of rotatable bonds is 8. The summed E-state index contributed by atoms with van der Waals surface area (Å²) in [5.41, 5.74) is 2.08. The second kappa shape index (κ2) is 9.89. The number of hydrogen-bond acceptors (Lipinski definition) is 5. The Labute approximate surface area is 200 Å². The van der Waals surface area contributed by atoms with Crippen molar-refractivity contribution in [2.24, 2.45) is 0 Å². The number of carbonyl (C=O) groups is 2. The van der Waals surface area contributed by atoms with E-state index >= 15 is 0 Å². The minimum atomic E-state index is -0.725. The number of likely N-dealkylation sites (tertiary alicyclic amines) is 1. The molecule has 7 nitrogen and oxygen atoms in total. The summed E-state index contributed by atoms with van der Waals surface area (Å²) in [6.07, 6.45) is 0.757. The predicted molar refractivity (Wildman–Crippen MR) is 127 cm³/mol. The number of methoxy groups -OCH3 is 1. The number of fused-ring (bicyclic) bond motifs is 1. The van der Waals surface area contributed by atoms with Crippen LogP contribution in [0.2, 0.25) is 0 Å². The largest absolute Gasteiger partial charge is 0.872 e. The highest BCUT2D eigenvalue weighted by Crippen LogP contribution is 2.40. The average Bonchev–Trinajstić information content (AvgIpc) is 3.35. The van der Waals surface area contributed by atoms with Gasteiger partial charge in [-0.15, -0.1) is 0 Å². The van der Waals surface area contributed by atoms with Gasteiger partial charge in [0.15, 0.2) is 0 Å². The molecule has 4 rings (SSSR count). The van der Waals surface area contributed by atoms with Crippen LogP contribution in [0.4, 0.5) is 0 Å². The summed E-state index contributed by atoms with van der Waals surface area (Å²) in [6.45, 7) is 9.10. The third-order valence-corrected chi connectivity index (χ3v) is 6.83. The van der Waals surface area contributed by atoms with E-state index < -0.39 is 23.5 Å². The summed E-state index contributed by atoms with van der Waals surface area (Å²) >= 11 is 0. The van der Waals surface area contributed by atoms with E-state index in [9.17, 15) is 14.7 Å². The standard InChI is InChI=1S/C27H32N2O5/c1-5-28(6-2)13-14-29-24(18-7-10-21(33-4)11-8-18)23(26(31)27(29)32)25(30)19-9-12-22-20(16-19)15-17(3)34-22/h7-12,16-17,24,30H,5-6,13-15H2,1-4H3. The first kappa shape index (κ1) is 23.8. The molecule has 2 aromatic rings. The summed E-state index contributed by atoms with van der Waals surface area (Å²) in [4.78, 5) is 29.2. The lowest BCUT2D eigenvalue weighted by Crippen LogP contribution is -3.12. The zero-order valence-corrected chi connectivity index (χ0v) is 20.2. The summed E-state index contributed by atoms with van der Waals surface area (Å²) < 4.78 is 11.0. The molecule has 2 unspecified atom stereocenters. The second-order valence-electron chi connectivity index (χ2n) is 8.91. The smallest absolute Gasteiger partial charge is 0.295 e. The third-order valence-electron chi connectivity index (χ3n) is 6.83. The highest BCUT2D eigenvalue weighted by molar-refractivity contribution is 6.46. The zero-order chi connectivity index (χ0) is 24.4. The van der Waals surface area contributed by atoms with Crippen LogP contribution in [0, 0.1) is 0 Å². The van der Waals surface area contributed by atoms with Crippen molar-refractivity contribution in [3.05, 3.63) is 64.7 Å². The van der Waals surface area contributed by atoms with Gasteiger partial charge in [-0.1, -0.05) is 24.0 Å². The quantitative estimate of drug-likeness (QED) is 0.360. The Bertz CT molecular complexity index is 1100. The maximum Gasteiger partial charge on any atom is 0.295 e. The molecule has 0 aromatic heterocycles. The number of ketones is 1. The van der Waals surface area contributed by atoms with Crippen LogP contribution in [0.15, 0.2) is 48.0 Å². The molecule has 0 bridgehead atoms. The Hall–Kier alpha value is -3.32. The molecular formula is C27H32N2O5. The molecule has 0 aliphatic carbocycles. The molecule has 2 aromatic carbocycles. The van der Waals surface area contributed by atoms with Crippen LogP contribution < -0.4 is 19.5 Å². The Morgan fingerprint density at radius 1 is 1.15 bits per heavy atom. The first-order valence-corrected chi connectivity index (χ1v) is 11.9. The molecule has 2 atom stereocenters. The van der Waals surface area contributed by atoms with Crippen LogP contribution in [-0.4, -0.2) is 56.0 Å². The van der Waals surface area contributed by atoms with Crippen LogP contribution in [-0.2, 0) is 16.0 Å². The van der Waals surface area contributed by atoms with Gasteiger partial charge in [-0.3, -0.25) is 9.59 Å². The number of carbonyl (C=O) groups excluding carboxylic acids is 2. The lowest BCUT2D eigenvalue weighted by molar-refractivity contribution is -0.895. The summed E-state index contributed by atoms with van der Waals surface area (Å²) in [6, 6.07) is 11.7. The van der Waals surface area contributed by atoms with Crippen molar-refractivity contribution in [1.29, 1.82) is 0 Å². The maximum absolute atomic E-state index is 13.7. The first-order chi connectivity index (χ1) is 16.4. The normalized spacial score (nSPS) is 21.1. The summed E-state index contributed by atoms with van der Waals surface area (Å²) in [5.74, 6) is -0.309. The van der Waals surface area contributed by atoms with Gasteiger partial charge < -0.3 is 24.4 Å². The summed E-state index contributed by atoms with van der Waals surface area (Å²) in [7, 11) is 1.58. The lowest BCUT2D eigenvalue weighted by atomic mass is 9.94. The molecule has 180 valence electrons. The predicted octanol–water partition coefficient (Wildman–Crippen LogP) is 1.17. The number of likely N-dealkylation sites (N-methyl/N-ethyl adjacent to an activating group) is 1. The molecule has 2 heterocycles. The molecule has 0 spiro atoms. The fourth-order valence-corrected chi connectivity index (χ4v) is 4.83. The molecule has 0 saturated carbocycles. The van der Waals surface area contributed by atoms with Gasteiger partial charge in [0.2, 0.25) is 5.78 Å². The minimum Gasteiger partial charge on any atom is -0.872 e. The topological polar surface area (TPSA) is 83.3 Å². The number of nitrogens with zero attached hydrogens (tertiary/aromatic N) is 1. The Morgan fingerprint density at radius 3 is 2.50 bits per heavy atom. The van der Waals surface area contributed by atoms with E-state index in [0.29, 0.717) is 30.8 Å². The number of Topliss-reactive ketones (excluding diaryl/α,β-unsaturated/α-hetero) is 1. The molecule has 34 heavy (non-hydrogen) atoms. The molecule has 0 radical (unpaired) electrons. The number of ether oxygens (including phenoxy) is 2. The van der Waals surface area contributed by atoms with E-state index in [4.69, 9.17) is 9.47 Å². The lowest BCUT2D eigenvalue weighted by Gasteiger charge is -2.28. The Kier molecular flexibility index (Phi) is 6.93. The number of benzene rings is 2. The van der Waals surface area contributed by atoms with Crippen LogP contribution >= 0.6 is 0 Å². The van der Waals surface area contributed by atoms with Gasteiger partial charge in [-0.25, -0.2) is 0 Å². The fraction of sp³-hybridized carbons (Fsp3) is 0.407. The molecule has 2 aliphatic rings. The monoisotopic (exact) mass is 464 g/mol. The van der Waals surface area contributed by atoms with Gasteiger partial charge >= 0.3 is 0 Å². The van der Waals surface area contributed by atoms with Crippen LogP contribution in [0.1, 0.15) is 43.5 Å². The van der Waals surface area contributed by atoms with Gasteiger partial charge in [-0.05, 0) is 61.7 Å². The number of amides is 1. The number of hydrogen-bond donors (Lipinski definition) is 1. The van der Waals surface area contributed by atoms with Crippen molar-refractivity contribution in [2.45, 2.75) is 39.3 Å². The molecule has 7 heteroatoms. The molecule has 1 saturated heterocycles. The zero-order valence-electron chi connectivity index (χ0n) is 20.2. The SMILES string of the molecule is CC[NH+](CC)CCN1C(=O)C(=O)C(=C([O-])c2ccc3c(c2)CC(C)O3)C1c1ccc(OC)cc1. The van der Waals surface area contributed by atoms with Crippen molar-refractivity contribution >= 4 is 17.4 Å². The van der Waals surface area contributed by atoms with Crippen molar-refractivity contribution in [3.63, 3.8) is 0 Å². The maximum atomic E-state index is 13.7. The van der Waals surface area contributed by atoms with E-state index in [1.807, 2.05) is 19.1 Å². The van der Waals surface area contributed by atoms with E-state index in [-0.39, 0.29) is 11.7 Å². The van der Waals surface area contributed by atoms with E-state index in [1.165, 1.54) is 4.90 Å². The van der Waals surface area contributed by atoms with E-state index in [0.717, 1.165) is 30.0 Å². The van der Waals surface area contributed by atoms with Gasteiger partial charge in [-0.2, -0.15) is 0 Å². The van der Waals surface area contributed by atoms with Gasteiger partial charge in [0.1, 0.15) is 17.6 Å². The van der Waals surface area contributed by atoms with E-state index in [2.05, 4.69) is 13.8 Å². The average molecular weight is 465 g/mol. The van der Waals surface area contributed by atoms with Gasteiger partial charge in [0.25, 0.3) is 5.91 Å². The second-order valence-corrected chi connectivity index (χ2v) is 8.91. The van der Waals surface area contributed by atoms with E-state index in [1.54, 1.807) is 42.3 Å². The van der Waals surface area contributed by atoms with Crippen molar-refractivity contribution in [2.75, 3.05) is 33.3 Å². The van der Waals surface area contributed by atoms with Crippen LogP contribution in [0.3, 0.4) is 0 Å². The molecular weight excluding hydrogens is 432 g/mol. The molecule has 1 fully saturated rings. The minimum absolute atomic E-state index is 0.0108. The first-order valence-electron chi connectivity index (χ1n) is 11.9. The Balaban J connectivity index is 1.77. The summed E-state index contributed by atoms with van der Waals surface area (Å²) in [5, 5.41) is 13.7. The molecule has 1 amide bonds. The van der Waals surface area contributed by atoms with Gasteiger partial charge in [0.05, 0.1) is 39.3 Å². The highest BCUT2D eigenvalue weighted by Gasteiger charge is 2.44.